The molecule has 0 heterocycles. The van der Waals surface area contributed by atoms with E-state index in [0.29, 0.717) is 10.8 Å². The molecule has 3 nitrogen and oxygen atoms in total. The second-order valence-corrected chi connectivity index (χ2v) is 3.67. The maximum atomic E-state index is 8.61. The molecule has 4 heteroatoms. The van der Waals surface area contributed by atoms with Crippen LogP contribution in [0.15, 0.2) is 18.2 Å². The van der Waals surface area contributed by atoms with Crippen molar-refractivity contribution >= 4 is 11.6 Å². The minimum atomic E-state index is 0.00624. The highest BCUT2D eigenvalue weighted by atomic mass is 35.5. The third-order valence-corrected chi connectivity index (χ3v) is 2.56. The molecule has 0 spiro atoms. The SMILES string of the molecule is CNC(C)c1ccc(OCCO)cc1Cl. The number of ether oxygens (including phenoxy) is 1. The van der Waals surface area contributed by atoms with Gasteiger partial charge in [0, 0.05) is 11.1 Å². The van der Waals surface area contributed by atoms with E-state index in [-0.39, 0.29) is 19.3 Å². The van der Waals surface area contributed by atoms with Crippen LogP contribution in [0.2, 0.25) is 5.02 Å². The van der Waals surface area contributed by atoms with E-state index in [9.17, 15) is 0 Å². The van der Waals surface area contributed by atoms with E-state index >= 15 is 0 Å². The quantitative estimate of drug-likeness (QED) is 0.812. The maximum Gasteiger partial charge on any atom is 0.120 e. The fraction of sp³-hybridized carbons (Fsp3) is 0.455. The molecule has 0 aliphatic rings. The van der Waals surface area contributed by atoms with E-state index < -0.39 is 0 Å². The van der Waals surface area contributed by atoms with E-state index in [1.54, 1.807) is 6.07 Å². The van der Waals surface area contributed by atoms with Crippen LogP contribution in [-0.4, -0.2) is 25.4 Å². The second-order valence-electron chi connectivity index (χ2n) is 3.27. The fourth-order valence-electron chi connectivity index (χ4n) is 1.27. The predicted octanol–water partition coefficient (Wildman–Crippen LogP) is 1.99. The molecule has 0 bridgehead atoms. The predicted molar refractivity (Wildman–Crippen MR) is 61.5 cm³/mol. The zero-order valence-corrected chi connectivity index (χ0v) is 9.71. The lowest BCUT2D eigenvalue weighted by Crippen LogP contribution is -2.12. The van der Waals surface area contributed by atoms with Gasteiger partial charge in [0.05, 0.1) is 6.61 Å². The Morgan fingerprint density at radius 2 is 2.27 bits per heavy atom. The standard InChI is InChI=1S/C11H16ClNO2/c1-8(13-2)10-4-3-9(7-11(10)12)15-6-5-14/h3-4,7-8,13-14H,5-6H2,1-2H3. The number of rotatable bonds is 5. The molecule has 1 aromatic carbocycles. The summed E-state index contributed by atoms with van der Waals surface area (Å²) in [5.74, 6) is 0.682. The summed E-state index contributed by atoms with van der Waals surface area (Å²) in [6.45, 7) is 2.33. The highest BCUT2D eigenvalue weighted by Crippen LogP contribution is 2.26. The zero-order valence-electron chi connectivity index (χ0n) is 8.96. The molecule has 0 aliphatic heterocycles. The number of aliphatic hydroxyl groups excluding tert-OH is 1. The lowest BCUT2D eigenvalue weighted by atomic mass is 10.1. The van der Waals surface area contributed by atoms with Crippen LogP contribution in [0.4, 0.5) is 0 Å². The second kappa shape index (κ2) is 5.95. The van der Waals surface area contributed by atoms with Gasteiger partial charge < -0.3 is 15.2 Å². The Labute approximate surface area is 95.0 Å². The van der Waals surface area contributed by atoms with Gasteiger partial charge in [-0.15, -0.1) is 0 Å². The number of benzene rings is 1. The van der Waals surface area contributed by atoms with Crippen molar-refractivity contribution in [3.8, 4) is 5.75 Å². The summed E-state index contributed by atoms with van der Waals surface area (Å²) in [4.78, 5) is 0. The Hall–Kier alpha value is -0.770. The van der Waals surface area contributed by atoms with Gasteiger partial charge in [-0.05, 0) is 31.7 Å². The van der Waals surface area contributed by atoms with Crippen molar-refractivity contribution in [2.75, 3.05) is 20.3 Å². The van der Waals surface area contributed by atoms with Crippen LogP contribution in [0.3, 0.4) is 0 Å². The van der Waals surface area contributed by atoms with Crippen molar-refractivity contribution in [3.63, 3.8) is 0 Å². The zero-order chi connectivity index (χ0) is 11.3. The average molecular weight is 230 g/mol. The molecule has 0 saturated carbocycles. The molecule has 1 atom stereocenters. The Kier molecular flexibility index (Phi) is 4.88. The molecular weight excluding hydrogens is 214 g/mol. The van der Waals surface area contributed by atoms with Gasteiger partial charge in [-0.25, -0.2) is 0 Å². The first kappa shape index (κ1) is 12.3. The van der Waals surface area contributed by atoms with Crippen molar-refractivity contribution in [2.45, 2.75) is 13.0 Å². The van der Waals surface area contributed by atoms with E-state index in [4.69, 9.17) is 21.4 Å². The van der Waals surface area contributed by atoms with Crippen LogP contribution in [0.5, 0.6) is 5.75 Å². The summed E-state index contributed by atoms with van der Waals surface area (Å²) in [7, 11) is 1.89. The molecule has 1 aromatic rings. The summed E-state index contributed by atoms with van der Waals surface area (Å²) in [6, 6.07) is 5.76. The molecule has 15 heavy (non-hydrogen) atoms. The van der Waals surface area contributed by atoms with Gasteiger partial charge >= 0.3 is 0 Å². The van der Waals surface area contributed by atoms with Gasteiger partial charge in [0.1, 0.15) is 12.4 Å². The Balaban J connectivity index is 2.78. The highest BCUT2D eigenvalue weighted by molar-refractivity contribution is 6.31. The molecular formula is C11H16ClNO2. The van der Waals surface area contributed by atoms with Crippen LogP contribution in [0.25, 0.3) is 0 Å². The first-order valence-electron chi connectivity index (χ1n) is 4.89. The smallest absolute Gasteiger partial charge is 0.120 e. The normalized spacial score (nSPS) is 12.5. The van der Waals surface area contributed by atoms with Crippen LogP contribution < -0.4 is 10.1 Å². The average Bonchev–Trinajstić information content (AvgIpc) is 2.25. The van der Waals surface area contributed by atoms with Gasteiger partial charge in [-0.3, -0.25) is 0 Å². The van der Waals surface area contributed by atoms with Gasteiger partial charge in [-0.1, -0.05) is 17.7 Å². The molecule has 2 N–H and O–H groups in total. The Bertz CT molecular complexity index is 317. The van der Waals surface area contributed by atoms with Crippen molar-refractivity contribution in [3.05, 3.63) is 28.8 Å². The fourth-order valence-corrected chi connectivity index (χ4v) is 1.60. The highest BCUT2D eigenvalue weighted by Gasteiger charge is 2.08. The molecule has 0 saturated heterocycles. The molecule has 0 amide bonds. The summed E-state index contributed by atoms with van der Waals surface area (Å²) < 4.78 is 5.25. The number of nitrogens with one attached hydrogen (secondary N) is 1. The van der Waals surface area contributed by atoms with E-state index in [0.717, 1.165) is 5.56 Å². The summed E-state index contributed by atoms with van der Waals surface area (Å²) in [6.07, 6.45) is 0. The molecule has 0 fully saturated rings. The van der Waals surface area contributed by atoms with Crippen LogP contribution >= 0.6 is 11.6 Å². The van der Waals surface area contributed by atoms with E-state index in [2.05, 4.69) is 5.32 Å². The van der Waals surface area contributed by atoms with Gasteiger partial charge in [-0.2, -0.15) is 0 Å². The van der Waals surface area contributed by atoms with Crippen LogP contribution in [-0.2, 0) is 0 Å². The number of hydrogen-bond acceptors (Lipinski definition) is 3. The number of hydrogen-bond donors (Lipinski definition) is 2. The maximum absolute atomic E-state index is 8.61. The van der Waals surface area contributed by atoms with Crippen molar-refractivity contribution in [1.29, 1.82) is 0 Å². The van der Waals surface area contributed by atoms with E-state index in [1.165, 1.54) is 0 Å². The molecule has 84 valence electrons. The van der Waals surface area contributed by atoms with Crippen molar-refractivity contribution in [1.82, 2.24) is 5.32 Å². The van der Waals surface area contributed by atoms with Gasteiger partial charge in [0.2, 0.25) is 0 Å². The third kappa shape index (κ3) is 3.38. The topological polar surface area (TPSA) is 41.5 Å². The first-order valence-corrected chi connectivity index (χ1v) is 5.27. The monoisotopic (exact) mass is 229 g/mol. The van der Waals surface area contributed by atoms with Crippen molar-refractivity contribution < 1.29 is 9.84 Å². The lowest BCUT2D eigenvalue weighted by molar-refractivity contribution is 0.201. The van der Waals surface area contributed by atoms with Gasteiger partial charge in [0.15, 0.2) is 0 Å². The minimum Gasteiger partial charge on any atom is -0.491 e. The summed E-state index contributed by atoms with van der Waals surface area (Å²) >= 11 is 6.10. The largest absolute Gasteiger partial charge is 0.491 e. The molecule has 1 unspecified atom stereocenters. The summed E-state index contributed by atoms with van der Waals surface area (Å²) in [5.41, 5.74) is 1.04. The molecule has 0 aliphatic carbocycles. The minimum absolute atomic E-state index is 0.00624. The first-order chi connectivity index (χ1) is 7.19. The molecule has 0 radical (unpaired) electrons. The van der Waals surface area contributed by atoms with Gasteiger partial charge in [0.25, 0.3) is 0 Å². The molecule has 0 aromatic heterocycles. The third-order valence-electron chi connectivity index (χ3n) is 2.23. The van der Waals surface area contributed by atoms with Crippen molar-refractivity contribution in [2.24, 2.45) is 0 Å². The van der Waals surface area contributed by atoms with E-state index in [1.807, 2.05) is 26.1 Å². The Morgan fingerprint density at radius 3 is 2.80 bits per heavy atom. The number of aliphatic hydroxyl groups is 1. The van der Waals surface area contributed by atoms with Crippen LogP contribution in [0.1, 0.15) is 18.5 Å². The number of halogens is 1. The van der Waals surface area contributed by atoms with Crippen LogP contribution in [0, 0.1) is 0 Å². The lowest BCUT2D eigenvalue weighted by Gasteiger charge is -2.13. The molecule has 1 rings (SSSR count). The summed E-state index contributed by atoms with van der Waals surface area (Å²) in [5, 5.41) is 12.4. The Morgan fingerprint density at radius 1 is 1.53 bits per heavy atom.